The number of benzene rings is 1. The predicted octanol–water partition coefficient (Wildman–Crippen LogP) is 2.91. The number of carboxylic acids is 1. The van der Waals surface area contributed by atoms with Crippen LogP contribution in [0.1, 0.15) is 44.6 Å². The fourth-order valence-electron chi connectivity index (χ4n) is 2.07. The number of hydrogen-bond acceptors (Lipinski definition) is 2. The molecule has 1 atom stereocenters. The number of carbonyl (C=O) groups is 2. The molecule has 2 N–H and O–H groups in total. The minimum atomic E-state index is -1.01. The van der Waals surface area contributed by atoms with Crippen molar-refractivity contribution in [1.82, 2.24) is 5.32 Å². The van der Waals surface area contributed by atoms with E-state index >= 15 is 0 Å². The lowest BCUT2D eigenvalue weighted by molar-refractivity contribution is -0.142. The summed E-state index contributed by atoms with van der Waals surface area (Å²) in [6.07, 6.45) is 4.38. The van der Waals surface area contributed by atoms with E-state index in [0.717, 1.165) is 25.7 Å². The minimum absolute atomic E-state index is 0.0546. The van der Waals surface area contributed by atoms with Crippen LogP contribution >= 0.6 is 0 Å². The van der Waals surface area contributed by atoms with Crippen LogP contribution < -0.4 is 5.32 Å². The lowest BCUT2D eigenvalue weighted by atomic mass is 10.1. The molecule has 4 nitrogen and oxygen atoms in total. The van der Waals surface area contributed by atoms with Gasteiger partial charge in [-0.3, -0.25) is 4.79 Å². The number of nitrogens with one attached hydrogen (secondary N) is 1. The predicted molar refractivity (Wildman–Crippen MR) is 78.4 cm³/mol. The Morgan fingerprint density at radius 2 is 1.86 bits per heavy atom. The molecule has 0 spiro atoms. The molecular formula is C16H22FNO3. The van der Waals surface area contributed by atoms with Crippen LogP contribution in [0.4, 0.5) is 4.39 Å². The molecule has 0 saturated carbocycles. The van der Waals surface area contributed by atoms with Crippen LogP contribution in [-0.4, -0.2) is 23.0 Å². The monoisotopic (exact) mass is 295 g/mol. The fraction of sp³-hybridized carbons (Fsp3) is 0.500. The van der Waals surface area contributed by atoms with Gasteiger partial charge < -0.3 is 10.4 Å². The summed E-state index contributed by atoms with van der Waals surface area (Å²) in [7, 11) is 0. The molecule has 0 fully saturated rings. The van der Waals surface area contributed by atoms with Gasteiger partial charge in [0.05, 0.1) is 6.42 Å². The van der Waals surface area contributed by atoms with Gasteiger partial charge in [-0.15, -0.1) is 0 Å². The van der Waals surface area contributed by atoms with E-state index in [4.69, 9.17) is 5.11 Å². The first-order valence-corrected chi connectivity index (χ1v) is 7.29. The second-order valence-corrected chi connectivity index (χ2v) is 5.11. The van der Waals surface area contributed by atoms with E-state index in [1.807, 2.05) is 0 Å². The van der Waals surface area contributed by atoms with Gasteiger partial charge >= 0.3 is 5.97 Å². The Kier molecular flexibility index (Phi) is 7.43. The van der Waals surface area contributed by atoms with Gasteiger partial charge in [0.2, 0.25) is 5.91 Å². The second-order valence-electron chi connectivity index (χ2n) is 5.11. The molecule has 1 aromatic rings. The molecule has 1 rings (SSSR count). The van der Waals surface area contributed by atoms with Crippen LogP contribution in [0.5, 0.6) is 0 Å². The zero-order chi connectivity index (χ0) is 15.7. The Bertz CT molecular complexity index is 459. The molecule has 0 unspecified atom stereocenters. The lowest BCUT2D eigenvalue weighted by Crippen LogP contribution is -2.41. The summed E-state index contributed by atoms with van der Waals surface area (Å²) in [5.74, 6) is -1.73. The van der Waals surface area contributed by atoms with Crippen molar-refractivity contribution >= 4 is 11.9 Å². The Balaban J connectivity index is 2.44. The second kappa shape index (κ2) is 9.10. The maximum atomic E-state index is 12.8. The summed E-state index contributed by atoms with van der Waals surface area (Å²) < 4.78 is 12.8. The zero-order valence-electron chi connectivity index (χ0n) is 12.3. The van der Waals surface area contributed by atoms with Gasteiger partial charge in [-0.2, -0.15) is 0 Å². The Morgan fingerprint density at radius 3 is 2.43 bits per heavy atom. The molecular weight excluding hydrogens is 273 g/mol. The summed E-state index contributed by atoms with van der Waals surface area (Å²) >= 11 is 0. The summed E-state index contributed by atoms with van der Waals surface area (Å²) in [4.78, 5) is 23.0. The van der Waals surface area contributed by atoms with Gasteiger partial charge in [0.25, 0.3) is 0 Å². The molecule has 0 radical (unpaired) electrons. The van der Waals surface area contributed by atoms with Crippen LogP contribution in [0.25, 0.3) is 0 Å². The molecule has 1 amide bonds. The average molecular weight is 295 g/mol. The van der Waals surface area contributed by atoms with Crippen LogP contribution in [0.15, 0.2) is 24.3 Å². The Hall–Kier alpha value is -1.91. The van der Waals surface area contributed by atoms with Crippen molar-refractivity contribution < 1.29 is 19.1 Å². The summed E-state index contributed by atoms with van der Waals surface area (Å²) in [6, 6.07) is 4.75. The maximum absolute atomic E-state index is 12.8. The quantitative estimate of drug-likeness (QED) is 0.688. The van der Waals surface area contributed by atoms with Crippen molar-refractivity contribution in [3.05, 3.63) is 35.6 Å². The number of aliphatic carboxylic acids is 1. The van der Waals surface area contributed by atoms with Gasteiger partial charge in [0.15, 0.2) is 0 Å². The van der Waals surface area contributed by atoms with Crippen molar-refractivity contribution in [2.75, 3.05) is 0 Å². The van der Waals surface area contributed by atoms with Crippen molar-refractivity contribution in [3.8, 4) is 0 Å². The highest BCUT2D eigenvalue weighted by Crippen LogP contribution is 2.07. The third-order valence-corrected chi connectivity index (χ3v) is 3.26. The van der Waals surface area contributed by atoms with Crippen molar-refractivity contribution in [1.29, 1.82) is 0 Å². The largest absolute Gasteiger partial charge is 0.480 e. The van der Waals surface area contributed by atoms with E-state index in [2.05, 4.69) is 12.2 Å². The van der Waals surface area contributed by atoms with Gasteiger partial charge in [-0.05, 0) is 24.1 Å². The smallest absolute Gasteiger partial charge is 0.326 e. The van der Waals surface area contributed by atoms with E-state index in [1.165, 1.54) is 24.3 Å². The topological polar surface area (TPSA) is 66.4 Å². The first-order valence-electron chi connectivity index (χ1n) is 7.29. The third-order valence-electron chi connectivity index (χ3n) is 3.26. The number of amides is 1. The number of carbonyl (C=O) groups excluding carboxylic acids is 1. The molecule has 0 aliphatic heterocycles. The number of carboxylic acid groups (broad SMARTS) is 1. The highest BCUT2D eigenvalue weighted by Gasteiger charge is 2.19. The Morgan fingerprint density at radius 1 is 1.19 bits per heavy atom. The van der Waals surface area contributed by atoms with Crippen molar-refractivity contribution in [2.24, 2.45) is 0 Å². The van der Waals surface area contributed by atoms with Crippen LogP contribution in [0.2, 0.25) is 0 Å². The van der Waals surface area contributed by atoms with Crippen LogP contribution in [0.3, 0.4) is 0 Å². The molecule has 0 heterocycles. The van der Waals surface area contributed by atoms with Crippen LogP contribution in [0, 0.1) is 5.82 Å². The van der Waals surface area contributed by atoms with Crippen LogP contribution in [-0.2, 0) is 16.0 Å². The number of hydrogen-bond donors (Lipinski definition) is 2. The summed E-state index contributed by atoms with van der Waals surface area (Å²) in [5.41, 5.74) is 0.657. The highest BCUT2D eigenvalue weighted by atomic mass is 19.1. The minimum Gasteiger partial charge on any atom is -0.480 e. The molecule has 21 heavy (non-hydrogen) atoms. The number of rotatable bonds is 9. The van der Waals surface area contributed by atoms with E-state index < -0.39 is 12.0 Å². The molecule has 0 aliphatic carbocycles. The number of unbranched alkanes of at least 4 members (excludes halogenated alkanes) is 3. The van der Waals surface area contributed by atoms with Gasteiger partial charge in [0, 0.05) is 0 Å². The fourth-order valence-corrected chi connectivity index (χ4v) is 2.07. The highest BCUT2D eigenvalue weighted by molar-refractivity contribution is 5.84. The average Bonchev–Trinajstić information content (AvgIpc) is 2.44. The molecule has 0 aromatic heterocycles. The van der Waals surface area contributed by atoms with Gasteiger partial charge in [-0.1, -0.05) is 44.7 Å². The zero-order valence-corrected chi connectivity index (χ0v) is 12.3. The normalized spacial score (nSPS) is 11.9. The van der Waals surface area contributed by atoms with Gasteiger partial charge in [-0.25, -0.2) is 9.18 Å². The van der Waals surface area contributed by atoms with Crippen molar-refractivity contribution in [2.45, 2.75) is 51.5 Å². The molecule has 116 valence electrons. The Labute approximate surface area is 124 Å². The molecule has 0 saturated heterocycles. The molecule has 0 bridgehead atoms. The maximum Gasteiger partial charge on any atom is 0.326 e. The van der Waals surface area contributed by atoms with Gasteiger partial charge in [0.1, 0.15) is 11.9 Å². The standard InChI is InChI=1S/C16H22FNO3/c1-2-3-4-5-6-14(16(20)21)18-15(19)11-12-7-9-13(17)10-8-12/h7-10,14H,2-6,11H2,1H3,(H,18,19)(H,20,21)/t14-/m0/s1. The lowest BCUT2D eigenvalue weighted by Gasteiger charge is -2.14. The first kappa shape index (κ1) is 17.1. The van der Waals surface area contributed by atoms with E-state index in [-0.39, 0.29) is 18.1 Å². The molecule has 5 heteroatoms. The molecule has 0 aliphatic rings. The van der Waals surface area contributed by atoms with E-state index in [9.17, 15) is 14.0 Å². The third kappa shape index (κ3) is 6.88. The first-order chi connectivity index (χ1) is 10.0. The SMILES string of the molecule is CCCCCC[C@H](NC(=O)Cc1ccc(F)cc1)C(=O)O. The molecule has 1 aromatic carbocycles. The van der Waals surface area contributed by atoms with E-state index in [0.29, 0.717) is 12.0 Å². The summed E-state index contributed by atoms with van der Waals surface area (Å²) in [5, 5.41) is 11.6. The summed E-state index contributed by atoms with van der Waals surface area (Å²) in [6.45, 7) is 2.08. The van der Waals surface area contributed by atoms with Crippen molar-refractivity contribution in [3.63, 3.8) is 0 Å². The van der Waals surface area contributed by atoms with E-state index in [1.54, 1.807) is 0 Å². The number of halogens is 1.